The van der Waals surface area contributed by atoms with Crippen molar-refractivity contribution < 1.29 is 56.4 Å². The van der Waals surface area contributed by atoms with E-state index in [-0.39, 0.29) is 19.0 Å². The Morgan fingerprint density at radius 1 is 1.05 bits per heavy atom. The number of rotatable bonds is 19. The van der Waals surface area contributed by atoms with Gasteiger partial charge in [0, 0.05) is 20.6 Å². The Balaban J connectivity index is 2.00. The molecule has 2 N–H and O–H groups in total. The van der Waals surface area contributed by atoms with Gasteiger partial charge in [0.25, 0.3) is 5.97 Å². The Kier molecular flexibility index (Phi) is 13.7. The molecule has 244 valence electrons. The number of hydrogen-bond acceptors (Lipinski definition) is 16. The Morgan fingerprint density at radius 2 is 1.72 bits per heavy atom. The van der Waals surface area contributed by atoms with Crippen LogP contribution in [0.15, 0.2) is 12.7 Å². The van der Waals surface area contributed by atoms with Gasteiger partial charge in [0.05, 0.1) is 37.1 Å². The molecule has 0 aliphatic rings. The number of anilines is 1. The first-order valence-corrected chi connectivity index (χ1v) is 15.1. The molecule has 18 heteroatoms. The number of hydrogen-bond donors (Lipinski definition) is 1. The summed E-state index contributed by atoms with van der Waals surface area (Å²) in [7, 11) is -2.74. The molecule has 0 saturated heterocycles. The van der Waals surface area contributed by atoms with E-state index < -0.39 is 63.3 Å². The average Bonchev–Trinajstić information content (AvgIpc) is 3.34. The van der Waals surface area contributed by atoms with E-state index in [1.165, 1.54) is 19.8 Å². The molecule has 3 unspecified atom stereocenters. The molecule has 2 rings (SSSR count). The van der Waals surface area contributed by atoms with Gasteiger partial charge in [0.15, 0.2) is 11.5 Å². The van der Waals surface area contributed by atoms with E-state index >= 15 is 0 Å². The first-order chi connectivity index (χ1) is 20.1. The van der Waals surface area contributed by atoms with Gasteiger partial charge in [-0.2, -0.15) is 0 Å². The Hall–Kier alpha value is -2.92. The lowest BCUT2D eigenvalue weighted by Crippen LogP contribution is -2.41. The van der Waals surface area contributed by atoms with Crippen LogP contribution in [0.5, 0.6) is 0 Å². The normalized spacial score (nSPS) is 15.6. The zero-order valence-electron chi connectivity index (χ0n) is 25.8. The van der Waals surface area contributed by atoms with Crippen LogP contribution in [0.2, 0.25) is 0 Å². The van der Waals surface area contributed by atoms with Crippen LogP contribution >= 0.6 is 7.60 Å². The number of nitrogens with two attached hydrogens (primary N) is 1. The van der Waals surface area contributed by atoms with E-state index in [9.17, 15) is 14.2 Å². The van der Waals surface area contributed by atoms with Gasteiger partial charge in [-0.05, 0) is 41.5 Å². The maximum atomic E-state index is 13.5. The first-order valence-electron chi connectivity index (χ1n) is 13.4. The molecular formula is C25H42N5O12P. The molecule has 2 heterocycles. The number of carbonyl (C=O) groups is 2. The van der Waals surface area contributed by atoms with Crippen molar-refractivity contribution in [2.75, 3.05) is 46.0 Å². The van der Waals surface area contributed by atoms with Crippen LogP contribution in [0.1, 0.15) is 48.5 Å². The lowest BCUT2D eigenvalue weighted by atomic mass is 9.95. The number of aromatic nitrogens is 4. The Morgan fingerprint density at radius 3 is 2.35 bits per heavy atom. The maximum Gasteiger partial charge on any atom is 0.510 e. The highest BCUT2D eigenvalue weighted by molar-refractivity contribution is 7.53. The smallest absolute Gasteiger partial charge is 0.437 e. The second-order valence-corrected chi connectivity index (χ2v) is 12.2. The topological polar surface area (TPSA) is 204 Å². The predicted molar refractivity (Wildman–Crippen MR) is 150 cm³/mol. The summed E-state index contributed by atoms with van der Waals surface area (Å²) in [6.07, 6.45) is 0.218. The fraction of sp³-hybridized carbons (Fsp3) is 0.720. The van der Waals surface area contributed by atoms with Crippen molar-refractivity contribution >= 4 is 36.7 Å². The molecule has 0 bridgehead atoms. The molecule has 17 nitrogen and oxygen atoms in total. The van der Waals surface area contributed by atoms with Crippen LogP contribution in [-0.2, 0) is 58.1 Å². The summed E-state index contributed by atoms with van der Waals surface area (Å²) in [5.74, 6) is -1.86. The molecular weight excluding hydrogens is 593 g/mol. The summed E-state index contributed by atoms with van der Waals surface area (Å²) in [5.41, 5.74) is 5.58. The van der Waals surface area contributed by atoms with Crippen molar-refractivity contribution in [2.24, 2.45) is 5.41 Å². The van der Waals surface area contributed by atoms with Gasteiger partial charge >= 0.3 is 19.7 Å². The number of carbonyl (C=O) groups excluding carboxylic acids is 2. The summed E-state index contributed by atoms with van der Waals surface area (Å²) in [6.45, 7) is 10.3. The number of methoxy groups -OCH3 is 1. The third-order valence-electron chi connectivity index (χ3n) is 5.62. The summed E-state index contributed by atoms with van der Waals surface area (Å²) in [5, 5.41) is 0. The van der Waals surface area contributed by atoms with Gasteiger partial charge in [-0.15, -0.1) is 0 Å². The highest BCUT2D eigenvalue weighted by atomic mass is 31.2. The summed E-state index contributed by atoms with van der Waals surface area (Å²) < 4.78 is 62.5. The average molecular weight is 636 g/mol. The molecule has 0 spiro atoms. The van der Waals surface area contributed by atoms with Crippen molar-refractivity contribution in [1.29, 1.82) is 0 Å². The zero-order chi connectivity index (χ0) is 32.3. The molecule has 0 radical (unpaired) electrons. The largest absolute Gasteiger partial charge is 0.510 e. The van der Waals surface area contributed by atoms with Gasteiger partial charge in [-0.3, -0.25) is 18.4 Å². The number of nitrogen functional groups attached to an aromatic ring is 1. The number of fused-ring (bicyclic) bond motifs is 1. The standard InChI is InChI=1S/C25H42N5O12P/c1-9-38-25(7,34-8)39-11-24(5,6)22(31)35-14-40-43(33,41-15-36-23(32)42-17(2)3)16-37-18(4)10-30-13-29-19-20(26)27-12-28-21(19)30/h12-13,17-18H,9-11,14-16H2,1-8H3,(H2,26,27,28). The molecule has 0 aliphatic carbocycles. The van der Waals surface area contributed by atoms with Gasteiger partial charge in [-0.25, -0.2) is 19.7 Å². The van der Waals surface area contributed by atoms with Crippen LogP contribution in [0.25, 0.3) is 11.2 Å². The third-order valence-corrected chi connectivity index (χ3v) is 7.09. The van der Waals surface area contributed by atoms with Gasteiger partial charge < -0.3 is 43.5 Å². The van der Waals surface area contributed by atoms with Crippen molar-refractivity contribution in [1.82, 2.24) is 19.5 Å². The quantitative estimate of drug-likeness (QED) is 0.133. The number of nitrogens with zero attached hydrogens (tertiary/aromatic N) is 4. The Bertz CT molecular complexity index is 1240. The lowest BCUT2D eigenvalue weighted by Gasteiger charge is -2.31. The summed E-state index contributed by atoms with van der Waals surface area (Å²) in [6, 6.07) is 0. The van der Waals surface area contributed by atoms with Gasteiger partial charge in [0.2, 0.25) is 13.6 Å². The summed E-state index contributed by atoms with van der Waals surface area (Å²) >= 11 is 0. The van der Waals surface area contributed by atoms with Crippen molar-refractivity contribution in [3.05, 3.63) is 12.7 Å². The number of imidazole rings is 1. The zero-order valence-corrected chi connectivity index (χ0v) is 26.7. The minimum Gasteiger partial charge on any atom is -0.437 e. The number of ether oxygens (including phenoxy) is 7. The second-order valence-electron chi connectivity index (χ2n) is 10.2. The van der Waals surface area contributed by atoms with Crippen molar-refractivity contribution in [2.45, 2.75) is 73.2 Å². The highest BCUT2D eigenvalue weighted by Gasteiger charge is 2.36. The molecule has 43 heavy (non-hydrogen) atoms. The van der Waals surface area contributed by atoms with Gasteiger partial charge in [-0.1, -0.05) is 0 Å². The van der Waals surface area contributed by atoms with E-state index in [1.54, 1.807) is 53.0 Å². The molecule has 3 atom stereocenters. The fourth-order valence-corrected chi connectivity index (χ4v) is 4.31. The van der Waals surface area contributed by atoms with Crippen molar-refractivity contribution in [3.8, 4) is 0 Å². The lowest BCUT2D eigenvalue weighted by molar-refractivity contribution is -0.364. The van der Waals surface area contributed by atoms with Crippen LogP contribution in [0.3, 0.4) is 0 Å². The third kappa shape index (κ3) is 11.6. The molecule has 0 aromatic carbocycles. The fourth-order valence-electron chi connectivity index (χ4n) is 3.22. The number of esters is 1. The van der Waals surface area contributed by atoms with Crippen LogP contribution in [0.4, 0.5) is 10.6 Å². The minimum atomic E-state index is -4.15. The van der Waals surface area contributed by atoms with Crippen LogP contribution in [0, 0.1) is 5.41 Å². The van der Waals surface area contributed by atoms with Crippen LogP contribution in [-0.4, -0.2) is 90.1 Å². The second kappa shape index (κ2) is 16.2. The Labute approximate surface area is 250 Å². The van der Waals surface area contributed by atoms with E-state index in [0.29, 0.717) is 17.8 Å². The molecule has 0 aliphatic heterocycles. The van der Waals surface area contributed by atoms with E-state index in [0.717, 1.165) is 0 Å². The minimum absolute atomic E-state index is 0.129. The van der Waals surface area contributed by atoms with E-state index in [2.05, 4.69) is 15.0 Å². The molecule has 0 saturated carbocycles. The molecule has 0 fully saturated rings. The molecule has 0 amide bonds. The van der Waals surface area contributed by atoms with E-state index in [1.807, 2.05) is 0 Å². The molecule has 2 aromatic heterocycles. The summed E-state index contributed by atoms with van der Waals surface area (Å²) in [4.78, 5) is 36.7. The predicted octanol–water partition coefficient (Wildman–Crippen LogP) is 3.42. The molecule has 2 aromatic rings. The van der Waals surface area contributed by atoms with Crippen molar-refractivity contribution in [3.63, 3.8) is 0 Å². The van der Waals surface area contributed by atoms with Gasteiger partial charge in [0.1, 0.15) is 18.2 Å². The van der Waals surface area contributed by atoms with E-state index in [4.69, 9.17) is 47.9 Å². The highest BCUT2D eigenvalue weighted by Crippen LogP contribution is 2.48. The SMILES string of the molecule is CCOC(C)(OC)OCC(C)(C)C(=O)OCOP(=O)(COC(C)Cn1cnc2c(N)ncnc21)OCOC(=O)OC(C)C. The monoisotopic (exact) mass is 635 g/mol. The maximum absolute atomic E-state index is 13.5. The van der Waals surface area contributed by atoms with Crippen LogP contribution < -0.4 is 5.73 Å². The first kappa shape index (κ1) is 36.3.